The van der Waals surface area contributed by atoms with Gasteiger partial charge in [-0.05, 0) is 0 Å². The molecule has 1 aromatic rings. The predicted octanol–water partition coefficient (Wildman–Crippen LogP) is 0.858. The zero-order valence-corrected chi connectivity index (χ0v) is 5.14. The van der Waals surface area contributed by atoms with E-state index in [2.05, 4.69) is 9.68 Å². The van der Waals surface area contributed by atoms with E-state index in [9.17, 15) is 13.2 Å². The molecule has 7 heteroatoms. The molecule has 1 aromatic heterocycles. The summed E-state index contributed by atoms with van der Waals surface area (Å²) in [7, 11) is 0. The Bertz CT molecular complexity index is 247. The van der Waals surface area contributed by atoms with Crippen LogP contribution >= 0.6 is 0 Å². The Morgan fingerprint density at radius 1 is 1.27 bits per heavy atom. The highest BCUT2D eigenvalue weighted by atomic mass is 19.4. The number of nitrogens with zero attached hydrogens (tertiary/aromatic N) is 1. The third-order valence-electron chi connectivity index (χ3n) is 1.03. The van der Waals surface area contributed by atoms with E-state index in [1.165, 1.54) is 0 Å². The van der Waals surface area contributed by atoms with Crippen LogP contribution in [0, 0.1) is 0 Å². The third kappa shape index (κ3) is 1.21. The van der Waals surface area contributed by atoms with Crippen LogP contribution < -0.4 is 11.5 Å². The molecule has 0 radical (unpaired) electrons. The minimum atomic E-state index is -4.60. The molecule has 0 aromatic carbocycles. The molecule has 11 heavy (non-hydrogen) atoms. The zero-order chi connectivity index (χ0) is 8.65. The highest BCUT2D eigenvalue weighted by Gasteiger charge is 2.39. The van der Waals surface area contributed by atoms with E-state index in [0.29, 0.717) is 0 Å². The van der Waals surface area contributed by atoms with Crippen LogP contribution in [0.4, 0.5) is 24.9 Å². The average molecular weight is 167 g/mol. The Hall–Kier alpha value is -1.40. The molecule has 0 unspecified atom stereocenters. The molecule has 1 heterocycles. The second kappa shape index (κ2) is 2.04. The molecule has 62 valence electrons. The third-order valence-corrected chi connectivity index (χ3v) is 1.03. The summed E-state index contributed by atoms with van der Waals surface area (Å²) in [5, 5.41) is 2.84. The lowest BCUT2D eigenvalue weighted by molar-refractivity contribution is -0.136. The van der Waals surface area contributed by atoms with Gasteiger partial charge in [0.15, 0.2) is 11.4 Å². The predicted molar refractivity (Wildman–Crippen MR) is 30.3 cm³/mol. The first kappa shape index (κ1) is 7.70. The monoisotopic (exact) mass is 167 g/mol. The van der Waals surface area contributed by atoms with E-state index >= 15 is 0 Å². The van der Waals surface area contributed by atoms with Gasteiger partial charge in [0.1, 0.15) is 0 Å². The van der Waals surface area contributed by atoms with E-state index < -0.39 is 23.4 Å². The van der Waals surface area contributed by atoms with Gasteiger partial charge in [-0.1, -0.05) is 5.16 Å². The number of rotatable bonds is 0. The molecule has 0 atom stereocenters. The second-order valence-corrected chi connectivity index (χ2v) is 1.80. The van der Waals surface area contributed by atoms with Gasteiger partial charge in [-0.15, -0.1) is 0 Å². The first-order valence-corrected chi connectivity index (χ1v) is 2.50. The van der Waals surface area contributed by atoms with Gasteiger partial charge in [0, 0.05) is 0 Å². The number of anilines is 2. The van der Waals surface area contributed by atoms with E-state index in [1.807, 2.05) is 0 Å². The fraction of sp³-hybridized carbons (Fsp3) is 0.250. The quantitative estimate of drug-likeness (QED) is 0.600. The number of halogens is 3. The standard InChI is InChI=1S/C4H4F3N3O/c5-4(6,7)1-2(8)10-11-3(1)9/h9H2,(H2,8,10). The van der Waals surface area contributed by atoms with Crippen molar-refractivity contribution in [2.75, 3.05) is 11.5 Å². The molecular weight excluding hydrogens is 163 g/mol. The molecule has 0 saturated carbocycles. The normalized spacial score (nSPS) is 11.9. The van der Waals surface area contributed by atoms with E-state index in [0.717, 1.165) is 0 Å². The maximum Gasteiger partial charge on any atom is 0.425 e. The van der Waals surface area contributed by atoms with Gasteiger partial charge in [-0.3, -0.25) is 0 Å². The van der Waals surface area contributed by atoms with Crippen molar-refractivity contribution >= 4 is 11.7 Å². The number of hydrogen-bond acceptors (Lipinski definition) is 4. The van der Waals surface area contributed by atoms with Crippen LogP contribution in [0.3, 0.4) is 0 Å². The summed E-state index contributed by atoms with van der Waals surface area (Å²) >= 11 is 0. The first-order chi connectivity index (χ1) is 4.93. The van der Waals surface area contributed by atoms with Crippen molar-refractivity contribution in [3.63, 3.8) is 0 Å². The minimum absolute atomic E-state index is 0.741. The van der Waals surface area contributed by atoms with Crippen molar-refractivity contribution in [3.05, 3.63) is 5.56 Å². The summed E-state index contributed by atoms with van der Waals surface area (Å²) in [6.45, 7) is 0. The van der Waals surface area contributed by atoms with Crippen LogP contribution in [0.2, 0.25) is 0 Å². The SMILES string of the molecule is Nc1noc(N)c1C(F)(F)F. The van der Waals surface area contributed by atoms with Crippen LogP contribution in [-0.4, -0.2) is 5.16 Å². The summed E-state index contributed by atoms with van der Waals surface area (Å²) in [4.78, 5) is 0. The molecule has 0 aliphatic heterocycles. The lowest BCUT2D eigenvalue weighted by Crippen LogP contribution is -2.09. The number of nitrogen functional groups attached to an aromatic ring is 2. The highest BCUT2D eigenvalue weighted by Crippen LogP contribution is 2.36. The largest absolute Gasteiger partial charge is 0.425 e. The second-order valence-electron chi connectivity index (χ2n) is 1.80. The Kier molecular flexibility index (Phi) is 1.43. The molecule has 0 spiro atoms. The Labute approximate surface area is 58.9 Å². The van der Waals surface area contributed by atoms with Crippen LogP contribution in [0.15, 0.2) is 4.52 Å². The van der Waals surface area contributed by atoms with Gasteiger partial charge in [0.05, 0.1) is 0 Å². The summed E-state index contributed by atoms with van der Waals surface area (Å²) in [5.74, 6) is -1.55. The molecule has 0 saturated heterocycles. The number of alkyl halides is 3. The van der Waals surface area contributed by atoms with Crippen LogP contribution in [0.25, 0.3) is 0 Å². The zero-order valence-electron chi connectivity index (χ0n) is 5.14. The summed E-state index contributed by atoms with van der Waals surface area (Å²) in [5.41, 5.74) is 8.41. The van der Waals surface area contributed by atoms with Crippen molar-refractivity contribution in [3.8, 4) is 0 Å². The molecular formula is C4H4F3N3O. The van der Waals surface area contributed by atoms with Crippen LogP contribution in [0.5, 0.6) is 0 Å². The topological polar surface area (TPSA) is 78.1 Å². The molecule has 1 rings (SSSR count). The Morgan fingerprint density at radius 2 is 1.82 bits per heavy atom. The number of aromatic nitrogens is 1. The molecule has 0 aliphatic carbocycles. The maximum atomic E-state index is 11.9. The van der Waals surface area contributed by atoms with Crippen LogP contribution in [-0.2, 0) is 6.18 Å². The first-order valence-electron chi connectivity index (χ1n) is 2.50. The molecule has 4 nitrogen and oxygen atoms in total. The van der Waals surface area contributed by atoms with Crippen molar-refractivity contribution in [2.45, 2.75) is 6.18 Å². The van der Waals surface area contributed by atoms with E-state index in [4.69, 9.17) is 11.5 Å². The minimum Gasteiger partial charge on any atom is -0.380 e. The molecule has 0 bridgehead atoms. The van der Waals surface area contributed by atoms with Gasteiger partial charge < -0.3 is 16.0 Å². The van der Waals surface area contributed by atoms with Gasteiger partial charge in [0.2, 0.25) is 5.88 Å². The van der Waals surface area contributed by atoms with Crippen molar-refractivity contribution in [1.82, 2.24) is 5.16 Å². The highest BCUT2D eigenvalue weighted by molar-refractivity contribution is 5.52. The summed E-state index contributed by atoms with van der Waals surface area (Å²) in [6.07, 6.45) is -4.60. The lowest BCUT2D eigenvalue weighted by atomic mass is 10.3. The van der Waals surface area contributed by atoms with Crippen molar-refractivity contribution in [1.29, 1.82) is 0 Å². The van der Waals surface area contributed by atoms with Gasteiger partial charge in [-0.2, -0.15) is 13.2 Å². The summed E-state index contributed by atoms with van der Waals surface area (Å²) in [6, 6.07) is 0. The molecule has 4 N–H and O–H groups in total. The van der Waals surface area contributed by atoms with Gasteiger partial charge in [0.25, 0.3) is 0 Å². The molecule has 0 aliphatic rings. The molecule has 0 amide bonds. The van der Waals surface area contributed by atoms with Gasteiger partial charge >= 0.3 is 6.18 Å². The smallest absolute Gasteiger partial charge is 0.380 e. The van der Waals surface area contributed by atoms with Crippen molar-refractivity contribution in [2.24, 2.45) is 0 Å². The van der Waals surface area contributed by atoms with Crippen molar-refractivity contribution < 1.29 is 17.7 Å². The fourth-order valence-electron chi connectivity index (χ4n) is 0.601. The van der Waals surface area contributed by atoms with Gasteiger partial charge in [-0.25, -0.2) is 0 Å². The number of hydrogen-bond donors (Lipinski definition) is 2. The maximum absolute atomic E-state index is 11.9. The average Bonchev–Trinajstić information content (AvgIpc) is 2.08. The Morgan fingerprint density at radius 3 is 2.00 bits per heavy atom. The number of nitrogens with two attached hydrogens (primary N) is 2. The fourth-order valence-corrected chi connectivity index (χ4v) is 0.601. The molecule has 0 fully saturated rings. The Balaban J connectivity index is 3.21. The lowest BCUT2D eigenvalue weighted by Gasteiger charge is -2.02. The summed E-state index contributed by atoms with van der Waals surface area (Å²) < 4.78 is 39.7. The van der Waals surface area contributed by atoms with Crippen LogP contribution in [0.1, 0.15) is 5.56 Å². The van der Waals surface area contributed by atoms with E-state index in [-0.39, 0.29) is 0 Å². The van der Waals surface area contributed by atoms with E-state index in [1.54, 1.807) is 0 Å².